The van der Waals surface area contributed by atoms with Gasteiger partial charge in [0.25, 0.3) is 0 Å². The summed E-state index contributed by atoms with van der Waals surface area (Å²) in [6.07, 6.45) is -0.136. The van der Waals surface area contributed by atoms with E-state index in [0.717, 1.165) is 9.79 Å². The first kappa shape index (κ1) is 13.9. The summed E-state index contributed by atoms with van der Waals surface area (Å²) in [5.74, 6) is -1.24. The molecule has 0 amide bonds. The quantitative estimate of drug-likeness (QED) is 0.916. The van der Waals surface area contributed by atoms with Crippen LogP contribution >= 0.6 is 23.4 Å². The lowest BCUT2D eigenvalue weighted by Crippen LogP contribution is -2.02. The summed E-state index contributed by atoms with van der Waals surface area (Å²) in [6.45, 7) is 0. The molecule has 0 unspecified atom stereocenters. The third-order valence-corrected chi connectivity index (χ3v) is 3.91. The van der Waals surface area contributed by atoms with E-state index in [0.29, 0.717) is 10.6 Å². The van der Waals surface area contributed by atoms with Crippen LogP contribution in [-0.4, -0.2) is 11.1 Å². The molecule has 0 fully saturated rings. The molecule has 0 atom stereocenters. The standard InChI is InChI=1S/C14H10ClFO2S/c15-12-2-1-3-13(11(12)8-14(17)18)19-10-6-4-9(16)5-7-10/h1-7H,8H2,(H,17,18). The number of rotatable bonds is 4. The van der Waals surface area contributed by atoms with Gasteiger partial charge in [0.15, 0.2) is 0 Å². The Bertz CT molecular complexity index is 599. The number of hydrogen-bond acceptors (Lipinski definition) is 2. The zero-order valence-electron chi connectivity index (χ0n) is 9.77. The van der Waals surface area contributed by atoms with Crippen LogP contribution in [0, 0.1) is 5.82 Å². The second-order valence-corrected chi connectivity index (χ2v) is 5.37. The summed E-state index contributed by atoms with van der Waals surface area (Å²) in [4.78, 5) is 12.4. The summed E-state index contributed by atoms with van der Waals surface area (Å²) in [6, 6.07) is 11.2. The van der Waals surface area contributed by atoms with E-state index in [1.165, 1.54) is 23.9 Å². The Balaban J connectivity index is 2.31. The number of carbonyl (C=O) groups is 1. The van der Waals surface area contributed by atoms with Gasteiger partial charge in [0.05, 0.1) is 6.42 Å². The van der Waals surface area contributed by atoms with Crippen LogP contribution in [0.25, 0.3) is 0 Å². The monoisotopic (exact) mass is 296 g/mol. The van der Waals surface area contributed by atoms with Crippen LogP contribution < -0.4 is 0 Å². The minimum atomic E-state index is -0.936. The molecule has 0 aromatic heterocycles. The first-order chi connectivity index (χ1) is 9.06. The van der Waals surface area contributed by atoms with Gasteiger partial charge in [0.2, 0.25) is 0 Å². The third-order valence-electron chi connectivity index (χ3n) is 2.45. The number of carboxylic acid groups (broad SMARTS) is 1. The van der Waals surface area contributed by atoms with Crippen molar-refractivity contribution in [1.82, 2.24) is 0 Å². The maximum absolute atomic E-state index is 12.8. The molecule has 2 aromatic rings. The largest absolute Gasteiger partial charge is 0.481 e. The average Bonchev–Trinajstić information content (AvgIpc) is 2.36. The molecular formula is C14H10ClFO2S. The van der Waals surface area contributed by atoms with E-state index in [2.05, 4.69) is 0 Å². The average molecular weight is 297 g/mol. The fourth-order valence-corrected chi connectivity index (χ4v) is 2.86. The van der Waals surface area contributed by atoms with Crippen LogP contribution in [0.5, 0.6) is 0 Å². The van der Waals surface area contributed by atoms with Crippen LogP contribution in [0.15, 0.2) is 52.3 Å². The van der Waals surface area contributed by atoms with Gasteiger partial charge in [0.1, 0.15) is 5.82 Å². The van der Waals surface area contributed by atoms with Crippen molar-refractivity contribution in [3.63, 3.8) is 0 Å². The molecule has 0 saturated heterocycles. The molecule has 0 aliphatic heterocycles. The molecule has 0 aliphatic rings. The molecule has 0 radical (unpaired) electrons. The molecule has 0 saturated carbocycles. The molecule has 5 heteroatoms. The van der Waals surface area contributed by atoms with Gasteiger partial charge >= 0.3 is 5.97 Å². The smallest absolute Gasteiger partial charge is 0.307 e. The molecule has 0 heterocycles. The second-order valence-electron chi connectivity index (χ2n) is 3.84. The van der Waals surface area contributed by atoms with Crippen LogP contribution in [0.4, 0.5) is 4.39 Å². The Hall–Kier alpha value is -1.52. The van der Waals surface area contributed by atoms with Crippen molar-refractivity contribution < 1.29 is 14.3 Å². The first-order valence-electron chi connectivity index (χ1n) is 5.49. The van der Waals surface area contributed by atoms with Crippen molar-refractivity contribution in [1.29, 1.82) is 0 Å². The highest BCUT2D eigenvalue weighted by atomic mass is 35.5. The molecule has 0 spiro atoms. The number of carboxylic acids is 1. The van der Waals surface area contributed by atoms with E-state index >= 15 is 0 Å². The highest BCUT2D eigenvalue weighted by Gasteiger charge is 2.12. The number of aliphatic carboxylic acids is 1. The van der Waals surface area contributed by atoms with E-state index in [-0.39, 0.29) is 12.2 Å². The molecule has 1 N–H and O–H groups in total. The van der Waals surface area contributed by atoms with Gasteiger partial charge in [-0.3, -0.25) is 4.79 Å². The lowest BCUT2D eigenvalue weighted by atomic mass is 10.1. The number of hydrogen-bond donors (Lipinski definition) is 1. The zero-order chi connectivity index (χ0) is 13.8. The molecule has 0 aliphatic carbocycles. The lowest BCUT2D eigenvalue weighted by Gasteiger charge is -2.09. The second kappa shape index (κ2) is 6.08. The zero-order valence-corrected chi connectivity index (χ0v) is 11.3. The van der Waals surface area contributed by atoms with Gasteiger partial charge in [-0.1, -0.05) is 29.4 Å². The van der Waals surface area contributed by atoms with E-state index in [4.69, 9.17) is 16.7 Å². The van der Waals surface area contributed by atoms with Crippen LogP contribution in [0.1, 0.15) is 5.56 Å². The SMILES string of the molecule is O=C(O)Cc1c(Cl)cccc1Sc1ccc(F)cc1. The minimum absolute atomic E-state index is 0.136. The maximum atomic E-state index is 12.8. The van der Waals surface area contributed by atoms with Crippen molar-refractivity contribution in [2.24, 2.45) is 0 Å². The van der Waals surface area contributed by atoms with Crippen molar-refractivity contribution in [2.75, 3.05) is 0 Å². The molecule has 2 nitrogen and oxygen atoms in total. The topological polar surface area (TPSA) is 37.3 Å². The van der Waals surface area contributed by atoms with Gasteiger partial charge in [-0.2, -0.15) is 0 Å². The summed E-state index contributed by atoms with van der Waals surface area (Å²) < 4.78 is 12.8. The van der Waals surface area contributed by atoms with Crippen LogP contribution in [-0.2, 0) is 11.2 Å². The van der Waals surface area contributed by atoms with Gasteiger partial charge in [-0.05, 0) is 42.0 Å². The third kappa shape index (κ3) is 3.72. The van der Waals surface area contributed by atoms with E-state index < -0.39 is 5.97 Å². The summed E-state index contributed by atoms with van der Waals surface area (Å²) >= 11 is 7.39. The summed E-state index contributed by atoms with van der Waals surface area (Å²) in [7, 11) is 0. The Morgan fingerprint density at radius 3 is 2.53 bits per heavy atom. The van der Waals surface area contributed by atoms with Gasteiger partial charge in [0, 0.05) is 14.8 Å². The normalized spacial score (nSPS) is 10.4. The molecule has 2 rings (SSSR count). The highest BCUT2D eigenvalue weighted by Crippen LogP contribution is 2.34. The lowest BCUT2D eigenvalue weighted by molar-refractivity contribution is -0.136. The van der Waals surface area contributed by atoms with Gasteiger partial charge in [-0.25, -0.2) is 4.39 Å². The van der Waals surface area contributed by atoms with Gasteiger partial charge in [-0.15, -0.1) is 0 Å². The Labute approximate surface area is 119 Å². The highest BCUT2D eigenvalue weighted by molar-refractivity contribution is 7.99. The van der Waals surface area contributed by atoms with Gasteiger partial charge < -0.3 is 5.11 Å². The van der Waals surface area contributed by atoms with Crippen molar-refractivity contribution in [3.05, 3.63) is 58.9 Å². The molecular weight excluding hydrogens is 287 g/mol. The van der Waals surface area contributed by atoms with E-state index in [1.807, 2.05) is 0 Å². The molecule has 19 heavy (non-hydrogen) atoms. The van der Waals surface area contributed by atoms with Crippen molar-refractivity contribution >= 4 is 29.3 Å². The Kier molecular flexibility index (Phi) is 4.45. The molecule has 98 valence electrons. The Morgan fingerprint density at radius 1 is 1.21 bits per heavy atom. The fraction of sp³-hybridized carbons (Fsp3) is 0.0714. The van der Waals surface area contributed by atoms with Crippen molar-refractivity contribution in [3.8, 4) is 0 Å². The van der Waals surface area contributed by atoms with E-state index in [1.54, 1.807) is 30.3 Å². The maximum Gasteiger partial charge on any atom is 0.307 e. The number of halogens is 2. The van der Waals surface area contributed by atoms with E-state index in [9.17, 15) is 9.18 Å². The molecule has 0 bridgehead atoms. The fourth-order valence-electron chi connectivity index (χ4n) is 1.59. The number of benzene rings is 2. The van der Waals surface area contributed by atoms with Crippen LogP contribution in [0.3, 0.4) is 0 Å². The predicted molar refractivity (Wildman–Crippen MR) is 73.3 cm³/mol. The minimum Gasteiger partial charge on any atom is -0.481 e. The summed E-state index contributed by atoms with van der Waals surface area (Å²) in [5.41, 5.74) is 0.575. The van der Waals surface area contributed by atoms with Crippen molar-refractivity contribution in [2.45, 2.75) is 16.2 Å². The predicted octanol–water partition coefficient (Wildman–Crippen LogP) is 4.26. The summed E-state index contributed by atoms with van der Waals surface area (Å²) in [5, 5.41) is 9.33. The molecule has 2 aromatic carbocycles. The first-order valence-corrected chi connectivity index (χ1v) is 6.68. The van der Waals surface area contributed by atoms with Crippen LogP contribution in [0.2, 0.25) is 5.02 Å². The Morgan fingerprint density at radius 2 is 1.89 bits per heavy atom.